The Morgan fingerprint density at radius 1 is 1.35 bits per heavy atom. The third-order valence-electron chi connectivity index (χ3n) is 4.01. The number of phenolic OH excluding ortho intramolecular Hbond substituents is 1. The van der Waals surface area contributed by atoms with Crippen molar-refractivity contribution in [3.63, 3.8) is 0 Å². The van der Waals surface area contributed by atoms with Gasteiger partial charge < -0.3 is 9.84 Å². The van der Waals surface area contributed by atoms with Crippen LogP contribution < -0.4 is 0 Å². The minimum absolute atomic E-state index is 0.178. The van der Waals surface area contributed by atoms with Crippen LogP contribution in [0.4, 0.5) is 0 Å². The summed E-state index contributed by atoms with van der Waals surface area (Å²) in [5.41, 5.74) is 4.34. The Balaban J connectivity index is 2.19. The number of hydrogen-bond donors (Lipinski definition) is 1. The predicted octanol–water partition coefficient (Wildman–Crippen LogP) is 3.23. The predicted molar refractivity (Wildman–Crippen MR) is 68.1 cm³/mol. The van der Waals surface area contributed by atoms with Crippen molar-refractivity contribution in [1.82, 2.24) is 0 Å². The summed E-state index contributed by atoms with van der Waals surface area (Å²) in [7, 11) is 0. The van der Waals surface area contributed by atoms with E-state index in [1.807, 2.05) is 13.0 Å². The monoisotopic (exact) mass is 230 g/mol. The Kier molecular flexibility index (Phi) is 2.14. The molecule has 3 atom stereocenters. The van der Waals surface area contributed by atoms with Crippen LogP contribution in [-0.2, 0) is 4.74 Å². The number of fused-ring (bicyclic) bond motifs is 2. The van der Waals surface area contributed by atoms with Crippen LogP contribution in [0, 0.1) is 12.8 Å². The summed E-state index contributed by atoms with van der Waals surface area (Å²) in [6.07, 6.45) is 0.482. The highest BCUT2D eigenvalue weighted by Gasteiger charge is 2.52. The van der Waals surface area contributed by atoms with E-state index < -0.39 is 0 Å². The summed E-state index contributed by atoms with van der Waals surface area (Å²) in [5, 5.41) is 9.84. The average molecular weight is 230 g/mol. The van der Waals surface area contributed by atoms with E-state index in [0.717, 1.165) is 16.7 Å². The molecule has 0 aromatic heterocycles. The molecule has 2 aliphatic rings. The van der Waals surface area contributed by atoms with E-state index in [0.29, 0.717) is 23.7 Å². The Bertz CT molecular complexity index is 502. The maximum absolute atomic E-state index is 9.84. The lowest BCUT2D eigenvalue weighted by Gasteiger charge is -2.27. The maximum Gasteiger partial charge on any atom is 0.119 e. The van der Waals surface area contributed by atoms with E-state index in [9.17, 15) is 5.11 Å². The molecule has 0 spiro atoms. The Labute approximate surface area is 102 Å². The lowest BCUT2D eigenvalue weighted by molar-refractivity contribution is 0.330. The fourth-order valence-electron chi connectivity index (χ4n) is 3.02. The lowest BCUT2D eigenvalue weighted by atomic mass is 9.75. The molecule has 1 heterocycles. The zero-order valence-corrected chi connectivity index (χ0v) is 10.5. The first-order valence-corrected chi connectivity index (χ1v) is 6.19. The standard InChI is InChI=1S/C15H18O2/c1-7(2)13-11-5-8(3)12(16)6-10(11)9(4)14-15(13)17-14/h5-7,13-16H,4H2,1-3H3/t13-,14-,15+/m1/s1. The molecule has 0 bridgehead atoms. The molecule has 1 aromatic carbocycles. The topological polar surface area (TPSA) is 32.8 Å². The zero-order chi connectivity index (χ0) is 12.3. The van der Waals surface area contributed by atoms with Crippen molar-refractivity contribution in [2.45, 2.75) is 38.9 Å². The molecule has 2 nitrogen and oxygen atoms in total. The largest absolute Gasteiger partial charge is 0.508 e. The van der Waals surface area contributed by atoms with Crippen molar-refractivity contribution in [2.24, 2.45) is 5.92 Å². The van der Waals surface area contributed by atoms with Crippen LogP contribution in [0.2, 0.25) is 0 Å². The van der Waals surface area contributed by atoms with Gasteiger partial charge in [0.05, 0.1) is 6.10 Å². The van der Waals surface area contributed by atoms with E-state index >= 15 is 0 Å². The minimum atomic E-state index is 0.178. The third-order valence-corrected chi connectivity index (χ3v) is 4.01. The summed E-state index contributed by atoms with van der Waals surface area (Å²) in [6.45, 7) is 10.5. The van der Waals surface area contributed by atoms with Crippen molar-refractivity contribution in [3.05, 3.63) is 35.4 Å². The Hall–Kier alpha value is -1.28. The van der Waals surface area contributed by atoms with E-state index in [1.165, 1.54) is 5.56 Å². The molecule has 17 heavy (non-hydrogen) atoms. The van der Waals surface area contributed by atoms with E-state index in [4.69, 9.17) is 4.74 Å². The van der Waals surface area contributed by atoms with Crippen molar-refractivity contribution in [2.75, 3.05) is 0 Å². The first kappa shape index (κ1) is 10.8. The van der Waals surface area contributed by atoms with Crippen molar-refractivity contribution < 1.29 is 9.84 Å². The molecule has 1 fully saturated rings. The second kappa shape index (κ2) is 3.36. The van der Waals surface area contributed by atoms with Crippen LogP contribution in [0.5, 0.6) is 5.75 Å². The van der Waals surface area contributed by atoms with Gasteiger partial charge in [-0.15, -0.1) is 0 Å². The highest BCUT2D eigenvalue weighted by Crippen LogP contribution is 2.53. The Morgan fingerprint density at radius 3 is 2.71 bits per heavy atom. The van der Waals surface area contributed by atoms with Crippen LogP contribution in [-0.4, -0.2) is 17.3 Å². The zero-order valence-electron chi connectivity index (χ0n) is 10.5. The van der Waals surface area contributed by atoms with Gasteiger partial charge in [-0.3, -0.25) is 0 Å². The van der Waals surface area contributed by atoms with Crippen LogP contribution in [0.15, 0.2) is 18.7 Å². The molecule has 0 amide bonds. The lowest BCUT2D eigenvalue weighted by Crippen LogP contribution is -2.22. The number of epoxide rings is 1. The molecule has 0 radical (unpaired) electrons. The van der Waals surface area contributed by atoms with Gasteiger partial charge in [0.15, 0.2) is 0 Å². The van der Waals surface area contributed by atoms with Crippen LogP contribution in [0.3, 0.4) is 0 Å². The third kappa shape index (κ3) is 1.44. The van der Waals surface area contributed by atoms with Crippen LogP contribution in [0.25, 0.3) is 5.57 Å². The first-order chi connectivity index (χ1) is 8.00. The van der Waals surface area contributed by atoms with Crippen molar-refractivity contribution >= 4 is 5.57 Å². The summed E-state index contributed by atoms with van der Waals surface area (Å²) < 4.78 is 5.75. The molecule has 1 N–H and O–H groups in total. The molecule has 1 aliphatic heterocycles. The number of rotatable bonds is 1. The normalized spacial score (nSPS) is 30.1. The van der Waals surface area contributed by atoms with Gasteiger partial charge in [0.25, 0.3) is 0 Å². The molecule has 2 heteroatoms. The molecular formula is C15H18O2. The molecule has 1 aliphatic carbocycles. The highest BCUT2D eigenvalue weighted by molar-refractivity contribution is 5.77. The molecular weight excluding hydrogens is 212 g/mol. The molecule has 3 rings (SSSR count). The van der Waals surface area contributed by atoms with Crippen molar-refractivity contribution in [3.8, 4) is 5.75 Å². The van der Waals surface area contributed by atoms with Crippen LogP contribution in [0.1, 0.15) is 36.5 Å². The molecule has 1 aromatic rings. The van der Waals surface area contributed by atoms with E-state index in [-0.39, 0.29) is 6.10 Å². The van der Waals surface area contributed by atoms with E-state index in [2.05, 4.69) is 26.5 Å². The summed E-state index contributed by atoms with van der Waals surface area (Å²) >= 11 is 0. The molecule has 0 unspecified atom stereocenters. The van der Waals surface area contributed by atoms with Gasteiger partial charge in [0, 0.05) is 5.92 Å². The molecule has 90 valence electrons. The van der Waals surface area contributed by atoms with Gasteiger partial charge in [0.1, 0.15) is 11.9 Å². The second-order valence-electron chi connectivity index (χ2n) is 5.54. The number of ether oxygens (including phenoxy) is 1. The first-order valence-electron chi connectivity index (χ1n) is 6.19. The number of aryl methyl sites for hydroxylation is 1. The maximum atomic E-state index is 9.84. The van der Waals surface area contributed by atoms with Crippen LogP contribution >= 0.6 is 0 Å². The van der Waals surface area contributed by atoms with Gasteiger partial charge in [0.2, 0.25) is 0 Å². The smallest absolute Gasteiger partial charge is 0.119 e. The minimum Gasteiger partial charge on any atom is -0.508 e. The molecule has 0 saturated carbocycles. The highest BCUT2D eigenvalue weighted by atomic mass is 16.6. The Morgan fingerprint density at radius 2 is 2.06 bits per heavy atom. The number of hydrogen-bond acceptors (Lipinski definition) is 2. The average Bonchev–Trinajstić information content (AvgIpc) is 3.01. The quantitative estimate of drug-likeness (QED) is 0.751. The van der Waals surface area contributed by atoms with Gasteiger partial charge in [-0.2, -0.15) is 0 Å². The van der Waals surface area contributed by atoms with Crippen molar-refractivity contribution in [1.29, 1.82) is 0 Å². The number of phenols is 1. The summed E-state index contributed by atoms with van der Waals surface area (Å²) in [4.78, 5) is 0. The van der Waals surface area contributed by atoms with Gasteiger partial charge in [-0.05, 0) is 41.2 Å². The van der Waals surface area contributed by atoms with Gasteiger partial charge in [-0.1, -0.05) is 26.5 Å². The van der Waals surface area contributed by atoms with E-state index in [1.54, 1.807) is 0 Å². The SMILES string of the molecule is C=C1c2cc(O)c(C)cc2[C@@H](C(C)C)[C@@H]2O[C@H]12. The fourth-order valence-corrected chi connectivity index (χ4v) is 3.02. The van der Waals surface area contributed by atoms with Gasteiger partial charge >= 0.3 is 0 Å². The molecule has 1 saturated heterocycles. The second-order valence-corrected chi connectivity index (χ2v) is 5.54. The fraction of sp³-hybridized carbons (Fsp3) is 0.467. The summed E-state index contributed by atoms with van der Waals surface area (Å²) in [5.74, 6) is 1.33. The number of benzene rings is 1. The number of aromatic hydroxyl groups is 1. The van der Waals surface area contributed by atoms with Gasteiger partial charge in [-0.25, -0.2) is 0 Å². The summed E-state index contributed by atoms with van der Waals surface area (Å²) in [6, 6.07) is 3.94.